The van der Waals surface area contributed by atoms with Crippen LogP contribution in [0.5, 0.6) is 0 Å². The van der Waals surface area contributed by atoms with E-state index in [1.165, 1.54) is 0 Å². The summed E-state index contributed by atoms with van der Waals surface area (Å²) in [7, 11) is -4.86. The minimum atomic E-state index is -5.07. The van der Waals surface area contributed by atoms with Crippen LogP contribution in [0.4, 0.5) is 22.8 Å². The van der Waals surface area contributed by atoms with Crippen molar-refractivity contribution in [3.63, 3.8) is 0 Å². The highest BCUT2D eigenvalue weighted by molar-refractivity contribution is 7.53. The van der Waals surface area contributed by atoms with Gasteiger partial charge in [-0.25, -0.2) is 9.59 Å². The van der Waals surface area contributed by atoms with Crippen molar-refractivity contribution in [2.45, 2.75) is 95.9 Å². The molecule has 16 heteroatoms. The van der Waals surface area contributed by atoms with E-state index < -0.39 is 66.7 Å². The highest BCUT2D eigenvalue weighted by Crippen LogP contribution is 2.50. The van der Waals surface area contributed by atoms with E-state index in [4.69, 9.17) is 9.26 Å². The molecule has 4 N–H and O–H groups in total. The maximum atomic E-state index is 13.7. The van der Waals surface area contributed by atoms with Gasteiger partial charge in [0.1, 0.15) is 18.4 Å². The zero-order valence-corrected chi connectivity index (χ0v) is 25.1. The molecule has 12 nitrogen and oxygen atoms in total. The first-order chi connectivity index (χ1) is 20.1. The molecule has 1 aromatic carbocycles. The number of hydrogen-bond donors (Lipinski definition) is 4. The Morgan fingerprint density at radius 1 is 1.12 bits per heavy atom. The summed E-state index contributed by atoms with van der Waals surface area (Å²) in [6, 6.07) is 8.03. The Morgan fingerprint density at radius 2 is 1.79 bits per heavy atom. The van der Waals surface area contributed by atoms with Crippen molar-refractivity contribution in [1.29, 1.82) is 0 Å². The summed E-state index contributed by atoms with van der Waals surface area (Å²) in [5.41, 5.74) is 0.672. The zero-order valence-electron chi connectivity index (χ0n) is 24.2. The molecule has 2 rings (SSSR count). The minimum absolute atomic E-state index is 0.0234. The normalized spacial score (nSPS) is 21.3. The van der Waals surface area contributed by atoms with Gasteiger partial charge in [0.2, 0.25) is 0 Å². The number of halogens is 3. The number of nitrogens with zero attached hydrogens (tertiary/aromatic N) is 1. The first-order valence-electron chi connectivity index (χ1n) is 14.1. The molecule has 0 bridgehead atoms. The number of unbranched alkanes of at least 4 members (excludes halogenated alkanes) is 2. The van der Waals surface area contributed by atoms with Crippen molar-refractivity contribution in [2.75, 3.05) is 13.1 Å². The summed E-state index contributed by atoms with van der Waals surface area (Å²) in [4.78, 5) is 60.7. The molecule has 0 spiro atoms. The summed E-state index contributed by atoms with van der Waals surface area (Å²) in [6.45, 7) is 2.78. The number of rotatable bonds is 15. The van der Waals surface area contributed by atoms with Gasteiger partial charge in [-0.2, -0.15) is 22.4 Å². The molecule has 1 aromatic rings. The van der Waals surface area contributed by atoms with Crippen LogP contribution in [0, 0.1) is 0 Å². The number of carboxylic acid groups (broad SMARTS) is 1. The Balaban J connectivity index is 2.22. The van der Waals surface area contributed by atoms with Crippen LogP contribution in [0.2, 0.25) is 0 Å². The SMILES string of the molecule is CCCC[C@@H](NC(=O)OCc1ccccc1)P(=O)(O)OC(CCCCNC(=O)C(F)(F)F)C(=O)[N+]1(C(=O)O)CCC[C@H]1C. The highest BCUT2D eigenvalue weighted by atomic mass is 31.2. The van der Waals surface area contributed by atoms with E-state index in [-0.39, 0.29) is 38.8 Å². The number of quaternary nitrogens is 1. The Kier molecular flexibility index (Phi) is 13.6. The average Bonchev–Trinajstić information content (AvgIpc) is 3.34. The molecule has 0 aliphatic carbocycles. The summed E-state index contributed by atoms with van der Waals surface area (Å²) in [5, 5.41) is 14.1. The molecule has 4 amide bonds. The number of nitrogens with one attached hydrogen (secondary N) is 2. The number of alkyl carbamates (subject to hydrolysis) is 1. The van der Waals surface area contributed by atoms with E-state index >= 15 is 0 Å². The van der Waals surface area contributed by atoms with Crippen LogP contribution in [0.25, 0.3) is 0 Å². The van der Waals surface area contributed by atoms with E-state index in [9.17, 15) is 46.9 Å². The van der Waals surface area contributed by atoms with E-state index in [1.807, 2.05) is 6.92 Å². The average molecular weight is 639 g/mol. The van der Waals surface area contributed by atoms with Crippen molar-refractivity contribution in [3.05, 3.63) is 35.9 Å². The number of ether oxygens (including phenoxy) is 1. The quantitative estimate of drug-likeness (QED) is 0.117. The second-order valence-corrected chi connectivity index (χ2v) is 12.4. The molecule has 5 atom stereocenters. The van der Waals surface area contributed by atoms with Crippen molar-refractivity contribution in [2.24, 2.45) is 0 Å². The molecule has 0 radical (unpaired) electrons. The largest absolute Gasteiger partial charge is 0.521 e. The molecule has 0 aromatic heterocycles. The van der Waals surface area contributed by atoms with Crippen molar-refractivity contribution < 1.29 is 60.7 Å². The minimum Gasteiger partial charge on any atom is -0.445 e. The predicted octanol–water partition coefficient (Wildman–Crippen LogP) is 5.05. The van der Waals surface area contributed by atoms with Gasteiger partial charge >= 0.3 is 37.8 Å². The lowest BCUT2D eigenvalue weighted by Crippen LogP contribution is -2.62. The number of alkyl halides is 3. The standard InChI is InChI=1S/C27H39F3N3O9P/c1-3-4-15-22(32-25(36)41-18-20-12-6-5-7-13-20)43(39,40)42-21(14-8-9-16-31-24(35)27(28,29)30)23(34)33(26(37)38)17-10-11-19(33)2/h5-7,12-13,19,21-22H,3-4,8-11,14-18H2,1-2H3,(H3-,31,32,35,36,37,38,39,40)/p+1/t19-,21?,22+,33?/m1/s1. The summed E-state index contributed by atoms with van der Waals surface area (Å²) < 4.78 is 60.6. The van der Waals surface area contributed by atoms with Gasteiger partial charge in [-0.15, -0.1) is 0 Å². The molecular weight excluding hydrogens is 598 g/mol. The predicted molar refractivity (Wildman–Crippen MR) is 148 cm³/mol. The molecule has 1 saturated heterocycles. The van der Waals surface area contributed by atoms with Gasteiger partial charge in [0, 0.05) is 19.4 Å². The third-order valence-corrected chi connectivity index (χ3v) is 9.06. The van der Waals surface area contributed by atoms with Gasteiger partial charge in [-0.3, -0.25) is 13.9 Å². The third-order valence-electron chi connectivity index (χ3n) is 7.33. The highest BCUT2D eigenvalue weighted by Gasteiger charge is 2.56. The third kappa shape index (κ3) is 10.3. The van der Waals surface area contributed by atoms with Crippen molar-refractivity contribution in [1.82, 2.24) is 10.6 Å². The van der Waals surface area contributed by atoms with E-state index in [0.29, 0.717) is 31.2 Å². The van der Waals surface area contributed by atoms with E-state index in [2.05, 4.69) is 5.32 Å². The number of imide groups is 1. The number of likely N-dealkylation sites (tertiary alicyclic amines) is 1. The van der Waals surface area contributed by atoms with E-state index in [1.54, 1.807) is 42.6 Å². The lowest BCUT2D eigenvalue weighted by atomic mass is 10.1. The lowest BCUT2D eigenvalue weighted by molar-refractivity contribution is -0.794. The molecule has 3 unspecified atom stereocenters. The molecule has 43 heavy (non-hydrogen) atoms. The van der Waals surface area contributed by atoms with Crippen LogP contribution in [-0.2, 0) is 30.0 Å². The molecule has 1 fully saturated rings. The Bertz CT molecular complexity index is 1160. The monoisotopic (exact) mass is 638 g/mol. The van der Waals surface area contributed by atoms with Gasteiger partial charge in [0.05, 0.1) is 6.54 Å². The van der Waals surface area contributed by atoms with Crippen LogP contribution in [0.3, 0.4) is 0 Å². The molecule has 0 saturated carbocycles. The number of carbonyl (C=O) groups excluding carboxylic acids is 3. The summed E-state index contributed by atoms with van der Waals surface area (Å²) in [5.74, 6) is -4.61. The number of benzene rings is 1. The van der Waals surface area contributed by atoms with Gasteiger partial charge in [0.25, 0.3) is 0 Å². The van der Waals surface area contributed by atoms with Crippen LogP contribution >= 0.6 is 7.60 Å². The summed E-state index contributed by atoms with van der Waals surface area (Å²) >= 11 is 0. The number of carbonyl (C=O) groups is 4. The molecular formula is C27H40F3N3O9P+. The van der Waals surface area contributed by atoms with Crippen LogP contribution in [-0.4, -0.2) is 75.7 Å². The molecule has 242 valence electrons. The van der Waals surface area contributed by atoms with Crippen molar-refractivity contribution in [3.8, 4) is 0 Å². The fourth-order valence-electron chi connectivity index (χ4n) is 4.89. The zero-order chi connectivity index (χ0) is 32.3. The van der Waals surface area contributed by atoms with E-state index in [0.717, 1.165) is 0 Å². The number of hydrogen-bond acceptors (Lipinski definition) is 7. The second kappa shape index (κ2) is 16.2. The lowest BCUT2D eigenvalue weighted by Gasteiger charge is -2.34. The maximum absolute atomic E-state index is 13.7. The van der Waals surface area contributed by atoms with Crippen LogP contribution in [0.1, 0.15) is 70.8 Å². The molecule has 1 aliphatic rings. The van der Waals surface area contributed by atoms with Crippen LogP contribution in [0.15, 0.2) is 30.3 Å². The Hall–Kier alpha value is -3.00. The molecule has 1 aliphatic heterocycles. The maximum Gasteiger partial charge on any atom is 0.521 e. The fourth-order valence-corrected chi connectivity index (χ4v) is 6.37. The first-order valence-corrected chi connectivity index (χ1v) is 15.8. The Morgan fingerprint density at radius 3 is 2.35 bits per heavy atom. The summed E-state index contributed by atoms with van der Waals surface area (Å²) in [6.07, 6.45) is -7.94. The van der Waals surface area contributed by atoms with Gasteiger partial charge in [-0.1, -0.05) is 50.1 Å². The molecule has 1 heterocycles. The Labute approximate surface area is 248 Å². The van der Waals surface area contributed by atoms with Gasteiger partial charge in [-0.05, 0) is 38.2 Å². The van der Waals surface area contributed by atoms with Crippen LogP contribution < -0.4 is 10.6 Å². The fraction of sp³-hybridized carbons (Fsp3) is 0.630. The number of amides is 4. The second-order valence-electron chi connectivity index (χ2n) is 10.5. The smallest absolute Gasteiger partial charge is 0.445 e. The topological polar surface area (TPSA) is 168 Å². The first kappa shape index (κ1) is 36.2. The van der Waals surface area contributed by atoms with Gasteiger partial charge < -0.3 is 25.4 Å². The van der Waals surface area contributed by atoms with Gasteiger partial charge in [0.15, 0.2) is 6.10 Å². The van der Waals surface area contributed by atoms with Crippen molar-refractivity contribution >= 4 is 31.6 Å².